The molecule has 3 N–H and O–H groups in total. The van der Waals surface area contributed by atoms with Gasteiger partial charge in [0.05, 0.1) is 11.7 Å². The number of allylic oxidation sites excluding steroid dienone is 1. The Labute approximate surface area is 113 Å². The van der Waals surface area contributed by atoms with E-state index in [-0.39, 0.29) is 17.2 Å². The molecule has 1 aromatic carbocycles. The van der Waals surface area contributed by atoms with E-state index in [0.717, 1.165) is 5.57 Å². The van der Waals surface area contributed by atoms with Crippen molar-refractivity contribution in [1.82, 2.24) is 0 Å². The van der Waals surface area contributed by atoms with E-state index in [9.17, 15) is 15.0 Å². The molecule has 104 valence electrons. The number of rotatable bonds is 5. The molecule has 4 heteroatoms. The molecular weight excluding hydrogens is 244 g/mol. The lowest BCUT2D eigenvalue weighted by Crippen LogP contribution is -2.13. The first kappa shape index (κ1) is 15.2. The largest absolute Gasteiger partial charge is 0.507 e. The summed E-state index contributed by atoms with van der Waals surface area (Å²) >= 11 is 0. The van der Waals surface area contributed by atoms with Gasteiger partial charge in [-0.2, -0.15) is 0 Å². The van der Waals surface area contributed by atoms with Crippen molar-refractivity contribution < 1.29 is 20.1 Å². The fraction of sp³-hybridized carbons (Fsp3) is 0.400. The zero-order chi connectivity index (χ0) is 14.6. The van der Waals surface area contributed by atoms with Gasteiger partial charge in [-0.3, -0.25) is 0 Å². The minimum absolute atomic E-state index is 0.0521. The van der Waals surface area contributed by atoms with Crippen LogP contribution in [0.5, 0.6) is 5.75 Å². The molecule has 0 saturated carbocycles. The third-order valence-corrected chi connectivity index (χ3v) is 3.10. The second-order valence-electron chi connectivity index (χ2n) is 4.97. The van der Waals surface area contributed by atoms with E-state index in [1.54, 1.807) is 6.07 Å². The summed E-state index contributed by atoms with van der Waals surface area (Å²) in [6.07, 6.45) is 1.93. The summed E-state index contributed by atoms with van der Waals surface area (Å²) in [4.78, 5) is 10.8. The van der Waals surface area contributed by atoms with Crippen LogP contribution >= 0.6 is 0 Å². The number of benzene rings is 1. The number of hydrogen-bond donors (Lipinski definition) is 3. The minimum Gasteiger partial charge on any atom is -0.507 e. The zero-order valence-electron chi connectivity index (χ0n) is 11.4. The monoisotopic (exact) mass is 264 g/mol. The maximum Gasteiger partial charge on any atom is 0.335 e. The second kappa shape index (κ2) is 6.38. The van der Waals surface area contributed by atoms with Crippen molar-refractivity contribution in [2.24, 2.45) is 5.92 Å². The van der Waals surface area contributed by atoms with Gasteiger partial charge in [0, 0.05) is 5.56 Å². The predicted octanol–water partition coefficient (Wildman–Crippen LogP) is 2.90. The van der Waals surface area contributed by atoms with Crippen LogP contribution in [0.4, 0.5) is 0 Å². The van der Waals surface area contributed by atoms with Gasteiger partial charge in [-0.15, -0.1) is 0 Å². The van der Waals surface area contributed by atoms with Crippen LogP contribution < -0.4 is 0 Å². The molecule has 4 nitrogen and oxygen atoms in total. The number of carboxylic acids is 1. The summed E-state index contributed by atoms with van der Waals surface area (Å²) in [6, 6.07) is 4.26. The Hall–Kier alpha value is -1.81. The zero-order valence-corrected chi connectivity index (χ0v) is 11.4. The minimum atomic E-state index is -1.07. The number of phenols is 1. The second-order valence-corrected chi connectivity index (χ2v) is 4.97. The first-order chi connectivity index (χ1) is 8.82. The Kier molecular flexibility index (Phi) is 5.12. The van der Waals surface area contributed by atoms with Crippen molar-refractivity contribution in [3.8, 4) is 5.75 Å². The summed E-state index contributed by atoms with van der Waals surface area (Å²) in [5, 5.41) is 28.4. The van der Waals surface area contributed by atoms with Gasteiger partial charge in [0.25, 0.3) is 0 Å². The smallest absolute Gasteiger partial charge is 0.335 e. The fourth-order valence-electron chi connectivity index (χ4n) is 1.68. The van der Waals surface area contributed by atoms with Gasteiger partial charge in [-0.05, 0) is 37.0 Å². The van der Waals surface area contributed by atoms with E-state index < -0.39 is 12.1 Å². The Bertz CT molecular complexity index is 489. The summed E-state index contributed by atoms with van der Waals surface area (Å²) in [7, 11) is 0. The van der Waals surface area contributed by atoms with Crippen molar-refractivity contribution in [1.29, 1.82) is 0 Å². The average Bonchev–Trinajstić information content (AvgIpc) is 2.34. The molecule has 1 unspecified atom stereocenters. The van der Waals surface area contributed by atoms with Gasteiger partial charge in [0.15, 0.2) is 0 Å². The molecule has 0 aliphatic heterocycles. The lowest BCUT2D eigenvalue weighted by atomic mass is 9.99. The van der Waals surface area contributed by atoms with Crippen molar-refractivity contribution in [2.45, 2.75) is 33.3 Å². The van der Waals surface area contributed by atoms with E-state index in [1.807, 2.05) is 26.8 Å². The highest BCUT2D eigenvalue weighted by atomic mass is 16.4. The molecule has 0 aromatic heterocycles. The van der Waals surface area contributed by atoms with Gasteiger partial charge < -0.3 is 15.3 Å². The number of aromatic carboxylic acids is 1. The molecule has 0 heterocycles. The molecule has 0 radical (unpaired) electrons. The quantitative estimate of drug-likeness (QED) is 0.764. The Balaban J connectivity index is 2.91. The van der Waals surface area contributed by atoms with Crippen LogP contribution in [0.2, 0.25) is 0 Å². The van der Waals surface area contributed by atoms with Crippen molar-refractivity contribution >= 4 is 11.5 Å². The van der Waals surface area contributed by atoms with Crippen LogP contribution in [0.1, 0.15) is 43.1 Å². The molecule has 0 bridgehead atoms. The van der Waals surface area contributed by atoms with Gasteiger partial charge in [0.2, 0.25) is 0 Å². The molecule has 0 fully saturated rings. The molecule has 0 saturated heterocycles. The van der Waals surface area contributed by atoms with Crippen LogP contribution in [0.15, 0.2) is 24.3 Å². The topological polar surface area (TPSA) is 77.8 Å². The van der Waals surface area contributed by atoms with Crippen LogP contribution in [-0.4, -0.2) is 27.4 Å². The molecule has 19 heavy (non-hydrogen) atoms. The number of carbonyl (C=O) groups is 1. The summed E-state index contributed by atoms with van der Waals surface area (Å²) in [5.74, 6) is -0.960. The predicted molar refractivity (Wildman–Crippen MR) is 74.2 cm³/mol. The van der Waals surface area contributed by atoms with Gasteiger partial charge in [-0.25, -0.2) is 4.79 Å². The Morgan fingerprint density at radius 3 is 2.47 bits per heavy atom. The number of carboxylic acid groups (broad SMARTS) is 1. The number of aliphatic hydroxyl groups excluding tert-OH is 1. The third-order valence-electron chi connectivity index (χ3n) is 3.10. The van der Waals surface area contributed by atoms with Gasteiger partial charge in [-0.1, -0.05) is 26.0 Å². The molecule has 0 amide bonds. The van der Waals surface area contributed by atoms with E-state index in [4.69, 9.17) is 5.11 Å². The van der Waals surface area contributed by atoms with E-state index >= 15 is 0 Å². The Morgan fingerprint density at radius 2 is 2.00 bits per heavy atom. The number of phenolic OH excluding ortho intramolecular Hbond substituents is 1. The van der Waals surface area contributed by atoms with Crippen LogP contribution in [0.3, 0.4) is 0 Å². The standard InChI is InChI=1S/C15H20O4/c1-9(2)13(16)7-4-10(3)12-6-5-11(15(18)19)8-14(12)17/h4-6,8-9,13,16-17H,7H2,1-3H3,(H,18,19)/b10-4+. The molecule has 0 spiro atoms. The lowest BCUT2D eigenvalue weighted by molar-refractivity contribution is 0.0696. The molecular formula is C15H20O4. The SMILES string of the molecule is C/C(=C\CC(O)C(C)C)c1ccc(C(=O)O)cc1O. The third kappa shape index (κ3) is 4.10. The van der Waals surface area contributed by atoms with Crippen molar-refractivity contribution in [3.05, 3.63) is 35.4 Å². The first-order valence-corrected chi connectivity index (χ1v) is 6.24. The molecule has 1 aromatic rings. The highest BCUT2D eigenvalue weighted by Gasteiger charge is 2.10. The maximum atomic E-state index is 10.8. The molecule has 0 aliphatic rings. The van der Waals surface area contributed by atoms with E-state index in [2.05, 4.69) is 0 Å². The number of aromatic hydroxyl groups is 1. The number of aliphatic hydroxyl groups is 1. The summed E-state index contributed by atoms with van der Waals surface area (Å²) < 4.78 is 0. The highest BCUT2D eigenvalue weighted by Crippen LogP contribution is 2.26. The van der Waals surface area contributed by atoms with Crippen molar-refractivity contribution in [2.75, 3.05) is 0 Å². The Morgan fingerprint density at radius 1 is 1.37 bits per heavy atom. The van der Waals surface area contributed by atoms with E-state index in [0.29, 0.717) is 12.0 Å². The van der Waals surface area contributed by atoms with Crippen LogP contribution in [0.25, 0.3) is 5.57 Å². The number of hydrogen-bond acceptors (Lipinski definition) is 3. The normalized spacial score (nSPS) is 13.6. The van der Waals surface area contributed by atoms with Crippen LogP contribution in [-0.2, 0) is 0 Å². The molecule has 0 aliphatic carbocycles. The summed E-state index contributed by atoms with van der Waals surface area (Å²) in [5.41, 5.74) is 1.45. The van der Waals surface area contributed by atoms with Gasteiger partial charge >= 0.3 is 5.97 Å². The summed E-state index contributed by atoms with van der Waals surface area (Å²) in [6.45, 7) is 5.70. The fourth-order valence-corrected chi connectivity index (χ4v) is 1.68. The highest BCUT2D eigenvalue weighted by molar-refractivity contribution is 5.89. The maximum absolute atomic E-state index is 10.8. The average molecular weight is 264 g/mol. The van der Waals surface area contributed by atoms with Crippen molar-refractivity contribution in [3.63, 3.8) is 0 Å². The van der Waals surface area contributed by atoms with Gasteiger partial charge in [0.1, 0.15) is 5.75 Å². The van der Waals surface area contributed by atoms with Crippen LogP contribution in [0, 0.1) is 5.92 Å². The molecule has 1 atom stereocenters. The van der Waals surface area contributed by atoms with E-state index in [1.165, 1.54) is 12.1 Å². The molecule has 1 rings (SSSR count). The first-order valence-electron chi connectivity index (χ1n) is 6.24. The lowest BCUT2D eigenvalue weighted by Gasteiger charge is -2.13.